The molecule has 3 heteroatoms. The lowest BCUT2D eigenvalue weighted by atomic mass is 10.2. The molecule has 2 aromatic rings. The van der Waals surface area contributed by atoms with E-state index in [4.69, 9.17) is 4.74 Å². The van der Waals surface area contributed by atoms with Gasteiger partial charge in [0.05, 0.1) is 0 Å². The highest BCUT2D eigenvalue weighted by Crippen LogP contribution is 2.16. The molecule has 0 fully saturated rings. The third-order valence-corrected chi connectivity index (χ3v) is 3.22. The predicted molar refractivity (Wildman–Crippen MR) is 79.4 cm³/mol. The molecule has 2 rings (SSSR count). The van der Waals surface area contributed by atoms with E-state index in [1.54, 1.807) is 6.07 Å². The quantitative estimate of drug-likeness (QED) is 0.796. The maximum absolute atomic E-state index is 13.5. The molecule has 0 N–H and O–H groups in total. The summed E-state index contributed by atoms with van der Waals surface area (Å²) in [6, 6.07) is 14.8. The lowest BCUT2D eigenvalue weighted by molar-refractivity contribution is 0.230. The molecule has 0 bridgehead atoms. The maximum atomic E-state index is 13.5. The summed E-state index contributed by atoms with van der Waals surface area (Å²) in [5, 5.41) is 0. The predicted octanol–water partition coefficient (Wildman–Crippen LogP) is 3.64. The standard InChI is InChI=1S/C17H20FNO/c1-14-7-3-6-10-17(14)20-12-11-19(2)13-15-8-4-5-9-16(15)18/h3-10H,11-13H2,1-2H3. The van der Waals surface area contributed by atoms with Crippen LogP contribution in [0.4, 0.5) is 4.39 Å². The minimum atomic E-state index is -0.154. The van der Waals surface area contributed by atoms with Gasteiger partial charge in [-0.15, -0.1) is 0 Å². The van der Waals surface area contributed by atoms with E-state index in [2.05, 4.69) is 4.90 Å². The molecule has 2 nitrogen and oxygen atoms in total. The van der Waals surface area contributed by atoms with E-state index < -0.39 is 0 Å². The molecule has 0 unspecified atom stereocenters. The van der Waals surface area contributed by atoms with Crippen molar-refractivity contribution >= 4 is 0 Å². The summed E-state index contributed by atoms with van der Waals surface area (Å²) in [5.41, 5.74) is 1.84. The molecule has 0 atom stereocenters. The zero-order chi connectivity index (χ0) is 14.4. The molecule has 0 saturated carbocycles. The number of para-hydroxylation sites is 1. The van der Waals surface area contributed by atoms with E-state index in [1.165, 1.54) is 6.07 Å². The van der Waals surface area contributed by atoms with E-state index in [0.717, 1.165) is 17.9 Å². The zero-order valence-corrected chi connectivity index (χ0v) is 12.0. The van der Waals surface area contributed by atoms with Gasteiger partial charge in [0.2, 0.25) is 0 Å². The smallest absolute Gasteiger partial charge is 0.127 e. The summed E-state index contributed by atoms with van der Waals surface area (Å²) < 4.78 is 19.3. The molecule has 106 valence electrons. The van der Waals surface area contributed by atoms with E-state index in [-0.39, 0.29) is 5.82 Å². The topological polar surface area (TPSA) is 12.5 Å². The second-order valence-electron chi connectivity index (χ2n) is 4.94. The first-order valence-corrected chi connectivity index (χ1v) is 6.77. The Kier molecular flexibility index (Phi) is 5.13. The van der Waals surface area contributed by atoms with Crippen molar-refractivity contribution in [2.45, 2.75) is 13.5 Å². The fraction of sp³-hybridized carbons (Fsp3) is 0.294. The van der Waals surface area contributed by atoms with Crippen LogP contribution in [0.3, 0.4) is 0 Å². The average molecular weight is 273 g/mol. The van der Waals surface area contributed by atoms with Crippen molar-refractivity contribution in [3.63, 3.8) is 0 Å². The number of aryl methyl sites for hydroxylation is 1. The van der Waals surface area contributed by atoms with Crippen LogP contribution in [0.15, 0.2) is 48.5 Å². The number of ether oxygens (including phenoxy) is 1. The maximum Gasteiger partial charge on any atom is 0.127 e. The van der Waals surface area contributed by atoms with Gasteiger partial charge in [-0.05, 0) is 31.7 Å². The van der Waals surface area contributed by atoms with Gasteiger partial charge in [-0.3, -0.25) is 4.90 Å². The SMILES string of the molecule is Cc1ccccc1OCCN(C)Cc1ccccc1F. The molecule has 0 aliphatic rings. The molecule has 0 aromatic heterocycles. The summed E-state index contributed by atoms with van der Waals surface area (Å²) in [6.45, 7) is 3.96. The van der Waals surface area contributed by atoms with Gasteiger partial charge in [0.25, 0.3) is 0 Å². The number of hydrogen-bond acceptors (Lipinski definition) is 2. The van der Waals surface area contributed by atoms with Crippen LogP contribution in [0.5, 0.6) is 5.75 Å². The number of nitrogens with zero attached hydrogens (tertiary/aromatic N) is 1. The van der Waals surface area contributed by atoms with Crippen LogP contribution in [0.2, 0.25) is 0 Å². The van der Waals surface area contributed by atoms with Crippen LogP contribution in [0, 0.1) is 12.7 Å². The highest BCUT2D eigenvalue weighted by atomic mass is 19.1. The average Bonchev–Trinajstić information content (AvgIpc) is 2.43. The number of benzene rings is 2. The third-order valence-electron chi connectivity index (χ3n) is 3.22. The first-order valence-electron chi connectivity index (χ1n) is 6.77. The van der Waals surface area contributed by atoms with Crippen LogP contribution < -0.4 is 4.74 Å². The van der Waals surface area contributed by atoms with Crippen LogP contribution >= 0.6 is 0 Å². The van der Waals surface area contributed by atoms with E-state index in [9.17, 15) is 4.39 Å². The molecule has 0 saturated heterocycles. The number of hydrogen-bond donors (Lipinski definition) is 0. The fourth-order valence-corrected chi connectivity index (χ4v) is 2.03. The van der Waals surface area contributed by atoms with Gasteiger partial charge in [-0.1, -0.05) is 36.4 Å². The lowest BCUT2D eigenvalue weighted by Crippen LogP contribution is -2.24. The van der Waals surface area contributed by atoms with Gasteiger partial charge in [0, 0.05) is 18.7 Å². The lowest BCUT2D eigenvalue weighted by Gasteiger charge is -2.18. The Labute approximate surface area is 119 Å². The highest BCUT2D eigenvalue weighted by molar-refractivity contribution is 5.31. The summed E-state index contributed by atoms with van der Waals surface area (Å²) in [6.07, 6.45) is 0. The van der Waals surface area contributed by atoms with Gasteiger partial charge in [0.1, 0.15) is 18.2 Å². The molecule has 2 aromatic carbocycles. The van der Waals surface area contributed by atoms with Crippen molar-refractivity contribution in [1.29, 1.82) is 0 Å². The zero-order valence-electron chi connectivity index (χ0n) is 12.0. The number of likely N-dealkylation sites (N-methyl/N-ethyl adjacent to an activating group) is 1. The second kappa shape index (κ2) is 7.06. The van der Waals surface area contributed by atoms with Crippen molar-refractivity contribution in [3.8, 4) is 5.75 Å². The van der Waals surface area contributed by atoms with Crippen LogP contribution in [0.1, 0.15) is 11.1 Å². The van der Waals surface area contributed by atoms with Crippen molar-refractivity contribution in [2.75, 3.05) is 20.2 Å². The second-order valence-corrected chi connectivity index (χ2v) is 4.94. The molecule has 20 heavy (non-hydrogen) atoms. The summed E-state index contributed by atoms with van der Waals surface area (Å²) in [4.78, 5) is 2.05. The molecule has 0 aliphatic heterocycles. The van der Waals surface area contributed by atoms with Crippen molar-refractivity contribution < 1.29 is 9.13 Å². The minimum Gasteiger partial charge on any atom is -0.492 e. The van der Waals surface area contributed by atoms with E-state index in [1.807, 2.05) is 50.4 Å². The molecule has 0 amide bonds. The van der Waals surface area contributed by atoms with Crippen molar-refractivity contribution in [1.82, 2.24) is 4.90 Å². The van der Waals surface area contributed by atoms with E-state index >= 15 is 0 Å². The summed E-state index contributed by atoms with van der Waals surface area (Å²) >= 11 is 0. The van der Waals surface area contributed by atoms with Crippen LogP contribution in [0.25, 0.3) is 0 Å². The number of rotatable bonds is 6. The van der Waals surface area contributed by atoms with Gasteiger partial charge in [-0.2, -0.15) is 0 Å². The largest absolute Gasteiger partial charge is 0.492 e. The third kappa shape index (κ3) is 4.07. The normalized spacial score (nSPS) is 10.8. The summed E-state index contributed by atoms with van der Waals surface area (Å²) in [7, 11) is 1.97. The molecule has 0 radical (unpaired) electrons. The Morgan fingerprint density at radius 1 is 1.05 bits per heavy atom. The van der Waals surface area contributed by atoms with Crippen LogP contribution in [-0.4, -0.2) is 25.1 Å². The van der Waals surface area contributed by atoms with Gasteiger partial charge < -0.3 is 4.74 Å². The Balaban J connectivity index is 1.80. The van der Waals surface area contributed by atoms with Gasteiger partial charge in [-0.25, -0.2) is 4.39 Å². The molecule has 0 heterocycles. The molecule has 0 aliphatic carbocycles. The molecular weight excluding hydrogens is 253 g/mol. The van der Waals surface area contributed by atoms with Gasteiger partial charge in [0.15, 0.2) is 0 Å². The Morgan fingerprint density at radius 2 is 1.75 bits per heavy atom. The Hall–Kier alpha value is -1.87. The van der Waals surface area contributed by atoms with Crippen molar-refractivity contribution in [2.24, 2.45) is 0 Å². The molecular formula is C17H20FNO. The summed E-state index contributed by atoms with van der Waals surface area (Å²) in [5.74, 6) is 0.756. The Bertz CT molecular complexity index is 556. The van der Waals surface area contributed by atoms with E-state index in [0.29, 0.717) is 18.7 Å². The van der Waals surface area contributed by atoms with Crippen LogP contribution in [-0.2, 0) is 6.54 Å². The Morgan fingerprint density at radius 3 is 2.50 bits per heavy atom. The molecule has 0 spiro atoms. The monoisotopic (exact) mass is 273 g/mol. The van der Waals surface area contributed by atoms with Crippen molar-refractivity contribution in [3.05, 3.63) is 65.5 Å². The first-order chi connectivity index (χ1) is 9.66. The fourth-order valence-electron chi connectivity index (χ4n) is 2.03. The highest BCUT2D eigenvalue weighted by Gasteiger charge is 2.05. The minimum absolute atomic E-state index is 0.154. The van der Waals surface area contributed by atoms with Gasteiger partial charge >= 0.3 is 0 Å². The first kappa shape index (κ1) is 14.5. The number of halogens is 1.